The first-order chi connectivity index (χ1) is 8.75. The average Bonchev–Trinajstić information content (AvgIpc) is 2.40. The second-order valence-electron chi connectivity index (χ2n) is 5.22. The Balaban J connectivity index is 1.71. The molecule has 0 radical (unpaired) electrons. The Kier molecular flexibility index (Phi) is 4.96. The van der Waals surface area contributed by atoms with Gasteiger partial charge in [0.1, 0.15) is 0 Å². The van der Waals surface area contributed by atoms with Gasteiger partial charge in [-0.1, -0.05) is 0 Å². The molecule has 0 atom stereocenters. The van der Waals surface area contributed by atoms with E-state index in [1.807, 2.05) is 12.4 Å². The van der Waals surface area contributed by atoms with Gasteiger partial charge < -0.3 is 15.1 Å². The van der Waals surface area contributed by atoms with Gasteiger partial charge in [-0.15, -0.1) is 0 Å². The highest BCUT2D eigenvalue weighted by atomic mass is 15.2. The van der Waals surface area contributed by atoms with Crippen LogP contribution in [0.4, 0.5) is 5.69 Å². The molecule has 0 amide bonds. The first kappa shape index (κ1) is 13.3. The minimum Gasteiger partial charge on any atom is -0.371 e. The number of nitrogens with zero attached hydrogens (tertiary/aromatic N) is 3. The van der Waals surface area contributed by atoms with Gasteiger partial charge in [0.15, 0.2) is 0 Å². The quantitative estimate of drug-likeness (QED) is 0.848. The molecule has 0 spiro atoms. The fourth-order valence-corrected chi connectivity index (χ4v) is 2.39. The summed E-state index contributed by atoms with van der Waals surface area (Å²) in [6, 6.07) is 4.88. The van der Waals surface area contributed by atoms with Crippen LogP contribution in [0.3, 0.4) is 0 Å². The first-order valence-corrected chi connectivity index (χ1v) is 6.79. The van der Waals surface area contributed by atoms with Gasteiger partial charge in [0.25, 0.3) is 0 Å². The lowest BCUT2D eigenvalue weighted by Gasteiger charge is -2.34. The molecular weight excluding hydrogens is 224 g/mol. The van der Waals surface area contributed by atoms with Crippen molar-refractivity contribution in [1.29, 1.82) is 0 Å². The number of pyridine rings is 1. The van der Waals surface area contributed by atoms with Crippen LogP contribution in [0.2, 0.25) is 0 Å². The fraction of sp³-hybridized carbons (Fsp3) is 0.643. The van der Waals surface area contributed by atoms with Gasteiger partial charge in [-0.25, -0.2) is 0 Å². The van der Waals surface area contributed by atoms with Crippen LogP contribution in [-0.4, -0.2) is 56.2 Å². The summed E-state index contributed by atoms with van der Waals surface area (Å²) in [5.41, 5.74) is 1.30. The van der Waals surface area contributed by atoms with Crippen molar-refractivity contribution in [3.63, 3.8) is 0 Å². The van der Waals surface area contributed by atoms with Crippen LogP contribution in [-0.2, 0) is 0 Å². The number of likely N-dealkylation sites (N-methyl/N-ethyl adjacent to an activating group) is 1. The van der Waals surface area contributed by atoms with E-state index in [4.69, 9.17) is 0 Å². The van der Waals surface area contributed by atoms with E-state index < -0.39 is 0 Å². The second-order valence-corrected chi connectivity index (χ2v) is 5.22. The monoisotopic (exact) mass is 248 g/mol. The van der Waals surface area contributed by atoms with Crippen LogP contribution in [0.5, 0.6) is 0 Å². The van der Waals surface area contributed by atoms with Crippen molar-refractivity contribution in [3.8, 4) is 0 Å². The molecule has 1 aromatic rings. The van der Waals surface area contributed by atoms with Crippen molar-refractivity contribution in [2.45, 2.75) is 18.9 Å². The predicted octanol–water partition coefficient (Wildman–Crippen LogP) is 1.20. The minimum absolute atomic E-state index is 0.683. The van der Waals surface area contributed by atoms with Crippen LogP contribution < -0.4 is 10.2 Å². The van der Waals surface area contributed by atoms with Crippen molar-refractivity contribution < 1.29 is 0 Å². The fourth-order valence-electron chi connectivity index (χ4n) is 2.39. The maximum atomic E-state index is 4.07. The Morgan fingerprint density at radius 1 is 1.28 bits per heavy atom. The summed E-state index contributed by atoms with van der Waals surface area (Å²) in [5.74, 6) is 0. The summed E-state index contributed by atoms with van der Waals surface area (Å²) in [5, 5.41) is 3.64. The molecule has 1 aliphatic rings. The van der Waals surface area contributed by atoms with E-state index in [2.05, 4.69) is 46.3 Å². The summed E-state index contributed by atoms with van der Waals surface area (Å²) < 4.78 is 0. The van der Waals surface area contributed by atoms with Crippen molar-refractivity contribution >= 4 is 5.69 Å². The van der Waals surface area contributed by atoms with Crippen LogP contribution in [0.25, 0.3) is 0 Å². The molecule has 1 saturated heterocycles. The molecule has 1 N–H and O–H groups in total. The highest BCUT2D eigenvalue weighted by molar-refractivity contribution is 5.44. The molecule has 1 fully saturated rings. The number of anilines is 1. The van der Waals surface area contributed by atoms with Crippen LogP contribution in [0.1, 0.15) is 12.8 Å². The molecule has 2 heterocycles. The van der Waals surface area contributed by atoms with E-state index in [1.165, 1.54) is 18.5 Å². The molecule has 4 nitrogen and oxygen atoms in total. The van der Waals surface area contributed by atoms with Gasteiger partial charge in [-0.05, 0) is 39.1 Å². The summed E-state index contributed by atoms with van der Waals surface area (Å²) in [6.07, 6.45) is 6.21. The summed E-state index contributed by atoms with van der Waals surface area (Å²) in [7, 11) is 4.24. The molecule has 1 aliphatic heterocycles. The molecule has 0 saturated carbocycles. The highest BCUT2D eigenvalue weighted by Crippen LogP contribution is 2.18. The SMILES string of the molecule is CN(C)CCNC1CCN(c2ccncc2)CC1. The van der Waals surface area contributed by atoms with Crippen LogP contribution in [0.15, 0.2) is 24.5 Å². The lowest BCUT2D eigenvalue weighted by Crippen LogP contribution is -2.44. The van der Waals surface area contributed by atoms with E-state index >= 15 is 0 Å². The van der Waals surface area contributed by atoms with Gasteiger partial charge in [-0.3, -0.25) is 4.98 Å². The number of rotatable bonds is 5. The van der Waals surface area contributed by atoms with E-state index in [-0.39, 0.29) is 0 Å². The van der Waals surface area contributed by atoms with Crippen molar-refractivity contribution in [1.82, 2.24) is 15.2 Å². The predicted molar refractivity (Wildman–Crippen MR) is 76.0 cm³/mol. The molecular formula is C14H24N4. The molecule has 0 aliphatic carbocycles. The third kappa shape index (κ3) is 3.96. The number of aromatic nitrogens is 1. The number of nitrogens with one attached hydrogen (secondary N) is 1. The van der Waals surface area contributed by atoms with E-state index in [0.717, 1.165) is 26.2 Å². The zero-order valence-corrected chi connectivity index (χ0v) is 11.5. The lowest BCUT2D eigenvalue weighted by molar-refractivity contribution is 0.359. The second kappa shape index (κ2) is 6.71. The normalized spacial score (nSPS) is 17.4. The Morgan fingerprint density at radius 2 is 1.94 bits per heavy atom. The third-order valence-electron chi connectivity index (χ3n) is 3.51. The molecule has 100 valence electrons. The van der Waals surface area contributed by atoms with Gasteiger partial charge in [-0.2, -0.15) is 0 Å². The van der Waals surface area contributed by atoms with E-state index in [0.29, 0.717) is 6.04 Å². The smallest absolute Gasteiger partial charge is 0.0397 e. The first-order valence-electron chi connectivity index (χ1n) is 6.79. The maximum Gasteiger partial charge on any atom is 0.0397 e. The van der Waals surface area contributed by atoms with Gasteiger partial charge >= 0.3 is 0 Å². The largest absolute Gasteiger partial charge is 0.371 e. The zero-order valence-electron chi connectivity index (χ0n) is 11.5. The zero-order chi connectivity index (χ0) is 12.8. The molecule has 0 aromatic carbocycles. The van der Waals surface area contributed by atoms with Crippen LogP contribution in [0, 0.1) is 0 Å². The molecule has 1 aromatic heterocycles. The van der Waals surface area contributed by atoms with Crippen molar-refractivity contribution in [2.75, 3.05) is 45.2 Å². The third-order valence-corrected chi connectivity index (χ3v) is 3.51. The van der Waals surface area contributed by atoms with Gasteiger partial charge in [0.05, 0.1) is 0 Å². The van der Waals surface area contributed by atoms with Crippen molar-refractivity contribution in [2.24, 2.45) is 0 Å². The van der Waals surface area contributed by atoms with Gasteiger partial charge in [0, 0.05) is 50.3 Å². The van der Waals surface area contributed by atoms with E-state index in [1.54, 1.807) is 0 Å². The summed E-state index contributed by atoms with van der Waals surface area (Å²) in [4.78, 5) is 8.74. The average molecular weight is 248 g/mol. The number of hydrogen-bond donors (Lipinski definition) is 1. The molecule has 0 unspecified atom stereocenters. The lowest BCUT2D eigenvalue weighted by atomic mass is 10.0. The number of piperidine rings is 1. The highest BCUT2D eigenvalue weighted by Gasteiger charge is 2.18. The maximum absolute atomic E-state index is 4.07. The molecule has 4 heteroatoms. The molecule has 0 bridgehead atoms. The Labute approximate surface area is 110 Å². The van der Waals surface area contributed by atoms with E-state index in [9.17, 15) is 0 Å². The Hall–Kier alpha value is -1.13. The number of hydrogen-bond acceptors (Lipinski definition) is 4. The summed E-state index contributed by atoms with van der Waals surface area (Å²) >= 11 is 0. The molecule has 2 rings (SSSR count). The van der Waals surface area contributed by atoms with Gasteiger partial charge in [0.2, 0.25) is 0 Å². The topological polar surface area (TPSA) is 31.4 Å². The molecule has 18 heavy (non-hydrogen) atoms. The van der Waals surface area contributed by atoms with Crippen molar-refractivity contribution in [3.05, 3.63) is 24.5 Å². The van der Waals surface area contributed by atoms with Crippen LogP contribution >= 0.6 is 0 Å². The minimum atomic E-state index is 0.683. The Bertz CT molecular complexity index is 331. The summed E-state index contributed by atoms with van der Waals surface area (Å²) in [6.45, 7) is 4.49. The standard InChI is InChI=1S/C14H24N4/c1-17(2)12-9-16-13-5-10-18(11-6-13)14-3-7-15-8-4-14/h3-4,7-8,13,16H,5-6,9-12H2,1-2H3. The Morgan fingerprint density at radius 3 is 2.56 bits per heavy atom.